The molecule has 1 aromatic carbocycles. The van der Waals surface area contributed by atoms with Gasteiger partial charge in [-0.05, 0) is 49.4 Å². The van der Waals surface area contributed by atoms with Gasteiger partial charge in [-0.25, -0.2) is 4.98 Å². The Bertz CT molecular complexity index is 1170. The summed E-state index contributed by atoms with van der Waals surface area (Å²) in [6, 6.07) is 5.83. The Hall–Kier alpha value is -3.23. The van der Waals surface area contributed by atoms with E-state index in [0.717, 1.165) is 11.3 Å². The second kappa shape index (κ2) is 6.13. The molecule has 2 radical (unpaired) electrons. The molecule has 2 aromatic heterocycles. The maximum Gasteiger partial charge on any atom is 0.586 e. The zero-order valence-electron chi connectivity index (χ0n) is 15.0. The quantitative estimate of drug-likeness (QED) is 0.684. The van der Waals surface area contributed by atoms with Crippen LogP contribution in [0.2, 0.25) is 0 Å². The van der Waals surface area contributed by atoms with Gasteiger partial charge in [-0.1, -0.05) is 6.07 Å². The van der Waals surface area contributed by atoms with E-state index in [9.17, 15) is 18.0 Å². The topological polar surface area (TPSA) is 79.4 Å². The molecule has 1 amide bonds. The van der Waals surface area contributed by atoms with E-state index >= 15 is 0 Å². The number of nitrogens with zero attached hydrogens (tertiary/aromatic N) is 2. The number of carbonyl (C=O) groups excluding carboxylic acids is 1. The monoisotopic (exact) mass is 401 g/mol. The molecule has 6 nitrogen and oxygen atoms in total. The molecule has 5 rings (SSSR count). The van der Waals surface area contributed by atoms with E-state index < -0.39 is 23.9 Å². The maximum absolute atomic E-state index is 13.7. The molecular weight excluding hydrogens is 387 g/mol. The lowest BCUT2D eigenvalue weighted by Gasteiger charge is -2.16. The van der Waals surface area contributed by atoms with Gasteiger partial charge in [0, 0.05) is 11.1 Å². The van der Waals surface area contributed by atoms with Crippen LogP contribution in [0.5, 0.6) is 11.5 Å². The molecule has 9 heteroatoms. The first kappa shape index (κ1) is 17.8. The van der Waals surface area contributed by atoms with Gasteiger partial charge in [0.1, 0.15) is 5.56 Å². The smallest absolute Gasteiger partial charge is 0.395 e. The predicted molar refractivity (Wildman–Crippen MR) is 95.2 cm³/mol. The number of ether oxygens (including phenoxy) is 2. The highest BCUT2D eigenvalue weighted by molar-refractivity contribution is 6.10. The molecular formula is C20H14F3N3O3. The number of primary amides is 1. The summed E-state index contributed by atoms with van der Waals surface area (Å²) < 4.78 is 51.9. The fraction of sp³-hybridized carbons (Fsp3) is 0.250. The van der Waals surface area contributed by atoms with Gasteiger partial charge < -0.3 is 19.8 Å². The van der Waals surface area contributed by atoms with Crippen molar-refractivity contribution >= 4 is 16.8 Å². The fourth-order valence-corrected chi connectivity index (χ4v) is 4.05. The van der Waals surface area contributed by atoms with Crippen molar-refractivity contribution in [1.29, 1.82) is 0 Å². The third kappa shape index (κ3) is 2.80. The molecule has 2 N–H and O–H groups in total. The number of hydrogen-bond donors (Lipinski definition) is 1. The minimum atomic E-state index is -3.89. The van der Waals surface area contributed by atoms with Crippen LogP contribution in [0.25, 0.3) is 10.9 Å². The lowest BCUT2D eigenvalue weighted by Crippen LogP contribution is -2.26. The highest BCUT2D eigenvalue weighted by Gasteiger charge is 2.46. The normalized spacial score (nSPS) is 16.8. The molecule has 1 aliphatic carbocycles. The number of nitrogens with two attached hydrogens (primary N) is 1. The average Bonchev–Trinajstić information content (AvgIpc) is 3.13. The first-order valence-electron chi connectivity index (χ1n) is 8.93. The second-order valence-corrected chi connectivity index (χ2v) is 6.90. The van der Waals surface area contributed by atoms with Gasteiger partial charge in [0.25, 0.3) is 5.91 Å². The second-order valence-electron chi connectivity index (χ2n) is 6.90. The standard InChI is InChI=1S/C20H14F3N3O3/c21-15-7-3-4-10(25-15)9-26-13-6-2-1-5-11(13)12-8-14-18(29-20(22,23)28-14)16(17(12)26)19(24)27/h3-4,7-8H,2,5-6,9H2,(H2,24,27). The number of pyridine rings is 1. The average molecular weight is 401 g/mol. The molecule has 1 aliphatic heterocycles. The van der Waals surface area contributed by atoms with Crippen LogP contribution in [-0.4, -0.2) is 21.8 Å². The largest absolute Gasteiger partial charge is 0.586 e. The van der Waals surface area contributed by atoms with Crippen LogP contribution in [0, 0.1) is 12.4 Å². The molecule has 0 bridgehead atoms. The minimum Gasteiger partial charge on any atom is -0.395 e. The third-order valence-corrected chi connectivity index (χ3v) is 5.12. The van der Waals surface area contributed by atoms with E-state index in [0.29, 0.717) is 35.9 Å². The summed E-state index contributed by atoms with van der Waals surface area (Å²) in [5.41, 5.74) is 7.86. The Morgan fingerprint density at radius 2 is 2.17 bits per heavy atom. The Morgan fingerprint density at radius 1 is 1.34 bits per heavy atom. The zero-order valence-corrected chi connectivity index (χ0v) is 15.0. The van der Waals surface area contributed by atoms with E-state index in [2.05, 4.69) is 20.9 Å². The molecule has 0 spiro atoms. The van der Waals surface area contributed by atoms with Gasteiger partial charge in [-0.15, -0.1) is 8.78 Å². The van der Waals surface area contributed by atoms with Crippen LogP contribution in [0.15, 0.2) is 24.3 Å². The molecule has 0 saturated carbocycles. The third-order valence-electron chi connectivity index (χ3n) is 5.12. The Kier molecular flexibility index (Phi) is 3.77. The highest BCUT2D eigenvalue weighted by Crippen LogP contribution is 2.48. The predicted octanol–water partition coefficient (Wildman–Crippen LogP) is 3.21. The van der Waals surface area contributed by atoms with Crippen LogP contribution in [0.1, 0.15) is 33.7 Å². The molecule has 3 aromatic rings. The minimum absolute atomic E-state index is 0.139. The number of carbonyl (C=O) groups is 1. The summed E-state index contributed by atoms with van der Waals surface area (Å²) in [7, 11) is 0. The van der Waals surface area contributed by atoms with Crippen molar-refractivity contribution in [1.82, 2.24) is 9.55 Å². The van der Waals surface area contributed by atoms with Crippen LogP contribution in [0.4, 0.5) is 13.2 Å². The number of alkyl halides is 2. The number of rotatable bonds is 3. The summed E-state index contributed by atoms with van der Waals surface area (Å²) in [4.78, 5) is 16.2. The molecule has 29 heavy (non-hydrogen) atoms. The molecule has 0 saturated heterocycles. The van der Waals surface area contributed by atoms with Crippen molar-refractivity contribution in [2.45, 2.75) is 32.1 Å². The van der Waals surface area contributed by atoms with Crippen LogP contribution >= 0.6 is 0 Å². The van der Waals surface area contributed by atoms with E-state index in [4.69, 9.17) is 5.73 Å². The van der Waals surface area contributed by atoms with Crippen molar-refractivity contribution in [3.63, 3.8) is 0 Å². The number of fused-ring (bicyclic) bond motifs is 4. The summed E-state index contributed by atoms with van der Waals surface area (Å²) in [6.07, 6.45) is 1.13. The summed E-state index contributed by atoms with van der Waals surface area (Å²) in [6.45, 7) is 0.139. The fourth-order valence-electron chi connectivity index (χ4n) is 4.05. The van der Waals surface area contributed by atoms with Crippen molar-refractivity contribution in [2.24, 2.45) is 5.73 Å². The Morgan fingerprint density at radius 3 is 2.93 bits per heavy atom. The number of amides is 1. The molecule has 0 fully saturated rings. The molecule has 0 atom stereocenters. The van der Waals surface area contributed by atoms with Gasteiger partial charge in [0.2, 0.25) is 5.95 Å². The number of benzene rings is 1. The number of aromatic nitrogens is 2. The Balaban J connectivity index is 1.81. The SMILES string of the molecule is NC(=O)c1c2c(cc3c4c(n(Cc5cccc(F)n5)c13)CC[C]C4)OC(F)(F)O2. The first-order chi connectivity index (χ1) is 13.8. The molecule has 2 aliphatic rings. The zero-order chi connectivity index (χ0) is 20.3. The van der Waals surface area contributed by atoms with E-state index in [1.165, 1.54) is 18.2 Å². The van der Waals surface area contributed by atoms with Crippen molar-refractivity contribution < 1.29 is 27.4 Å². The lowest BCUT2D eigenvalue weighted by molar-refractivity contribution is -0.286. The van der Waals surface area contributed by atoms with Gasteiger partial charge in [-0.3, -0.25) is 4.79 Å². The van der Waals surface area contributed by atoms with Gasteiger partial charge >= 0.3 is 6.29 Å². The van der Waals surface area contributed by atoms with E-state index in [1.54, 1.807) is 10.6 Å². The van der Waals surface area contributed by atoms with Gasteiger partial charge in [0.15, 0.2) is 11.5 Å². The Labute approximate surface area is 163 Å². The van der Waals surface area contributed by atoms with Crippen LogP contribution < -0.4 is 15.2 Å². The summed E-state index contributed by atoms with van der Waals surface area (Å²) in [5.74, 6) is -2.21. The summed E-state index contributed by atoms with van der Waals surface area (Å²) in [5, 5.41) is 0.553. The lowest BCUT2D eigenvalue weighted by atomic mass is 9.95. The maximum atomic E-state index is 13.7. The van der Waals surface area contributed by atoms with Crippen molar-refractivity contribution in [2.75, 3.05) is 0 Å². The van der Waals surface area contributed by atoms with Gasteiger partial charge in [0.05, 0.1) is 17.8 Å². The molecule has 3 heterocycles. The summed E-state index contributed by atoms with van der Waals surface area (Å²) >= 11 is 0. The van der Waals surface area contributed by atoms with Crippen LogP contribution in [0.3, 0.4) is 0 Å². The highest BCUT2D eigenvalue weighted by atomic mass is 19.3. The van der Waals surface area contributed by atoms with Crippen molar-refractivity contribution in [3.05, 3.63) is 59.1 Å². The van der Waals surface area contributed by atoms with Crippen molar-refractivity contribution in [3.8, 4) is 11.5 Å². The molecule has 148 valence electrons. The van der Waals surface area contributed by atoms with Crippen LogP contribution in [-0.2, 0) is 19.4 Å². The number of halogens is 3. The number of hydrogen-bond acceptors (Lipinski definition) is 4. The first-order valence-corrected chi connectivity index (χ1v) is 8.93. The van der Waals surface area contributed by atoms with Gasteiger partial charge in [-0.2, -0.15) is 4.39 Å². The van der Waals surface area contributed by atoms with E-state index in [-0.39, 0.29) is 17.9 Å². The van der Waals surface area contributed by atoms with E-state index in [1.807, 2.05) is 0 Å². The molecule has 0 unspecified atom stereocenters.